The van der Waals surface area contributed by atoms with E-state index in [-0.39, 0.29) is 0 Å². The van der Waals surface area contributed by atoms with Gasteiger partial charge in [-0.2, -0.15) is 10.1 Å². The summed E-state index contributed by atoms with van der Waals surface area (Å²) in [4.78, 5) is 11.6. The highest BCUT2D eigenvalue weighted by Gasteiger charge is 2.19. The Labute approximate surface area is 163 Å². The summed E-state index contributed by atoms with van der Waals surface area (Å²) in [6, 6.07) is 1.80. The van der Waals surface area contributed by atoms with Gasteiger partial charge in [-0.1, -0.05) is 11.6 Å². The van der Waals surface area contributed by atoms with Crippen LogP contribution in [0.25, 0.3) is 5.65 Å². The molecule has 0 bridgehead atoms. The number of aryl methyl sites for hydroxylation is 4. The highest BCUT2D eigenvalue weighted by atomic mass is 35.5. The lowest BCUT2D eigenvalue weighted by Crippen LogP contribution is -2.19. The molecule has 0 saturated carbocycles. The predicted molar refractivity (Wildman–Crippen MR) is 104 cm³/mol. The van der Waals surface area contributed by atoms with Gasteiger partial charge in [-0.25, -0.2) is 9.50 Å². The lowest BCUT2D eigenvalue weighted by Gasteiger charge is -2.10. The predicted octanol–water partition coefficient (Wildman–Crippen LogP) is 2.60. The Morgan fingerprint density at radius 1 is 1.15 bits per heavy atom. The average molecular weight is 390 g/mol. The maximum absolute atomic E-state index is 6.30. The summed E-state index contributed by atoms with van der Waals surface area (Å²) in [5.41, 5.74) is 1.55. The minimum Gasteiger partial charge on any atom is -0.490 e. The largest absolute Gasteiger partial charge is 0.490 e. The van der Waals surface area contributed by atoms with Crippen molar-refractivity contribution in [1.82, 2.24) is 29.4 Å². The van der Waals surface area contributed by atoms with Crippen molar-refractivity contribution in [2.24, 2.45) is 7.05 Å². The summed E-state index contributed by atoms with van der Waals surface area (Å²) < 4.78 is 9.29. The fourth-order valence-corrected chi connectivity index (χ4v) is 3.57. The van der Waals surface area contributed by atoms with Gasteiger partial charge in [-0.05, 0) is 26.7 Å². The first-order chi connectivity index (χ1) is 13.1. The third kappa shape index (κ3) is 3.45. The Kier molecular flexibility index (Phi) is 4.90. The Morgan fingerprint density at radius 3 is 2.67 bits per heavy atom. The van der Waals surface area contributed by atoms with Crippen molar-refractivity contribution in [1.29, 1.82) is 0 Å². The van der Waals surface area contributed by atoms with E-state index in [2.05, 4.69) is 20.1 Å². The van der Waals surface area contributed by atoms with Crippen molar-refractivity contribution in [3.8, 4) is 5.75 Å². The molecule has 3 aromatic rings. The van der Waals surface area contributed by atoms with E-state index in [9.17, 15) is 0 Å². The first-order valence-corrected chi connectivity index (χ1v) is 9.77. The first-order valence-electron chi connectivity index (χ1n) is 9.39. The first kappa shape index (κ1) is 18.0. The average Bonchev–Trinajstić information content (AvgIpc) is 3.37. The number of ether oxygens (including phenoxy) is 1. The van der Waals surface area contributed by atoms with Crippen LogP contribution in [0.5, 0.6) is 5.75 Å². The minimum absolute atomic E-state index is 0.551. The van der Waals surface area contributed by atoms with Crippen LogP contribution in [-0.4, -0.2) is 49.1 Å². The Hall–Kier alpha value is -2.35. The van der Waals surface area contributed by atoms with Gasteiger partial charge in [0.2, 0.25) is 5.95 Å². The van der Waals surface area contributed by atoms with Crippen LogP contribution in [0.1, 0.15) is 37.1 Å². The Balaban J connectivity index is 1.55. The van der Waals surface area contributed by atoms with Crippen LogP contribution in [0.4, 0.5) is 5.95 Å². The van der Waals surface area contributed by atoms with Gasteiger partial charge in [0.1, 0.15) is 5.82 Å². The number of hydrogen-bond acceptors (Lipinski definition) is 6. The molecule has 4 rings (SSSR count). The molecule has 9 heteroatoms. The van der Waals surface area contributed by atoms with E-state index in [0.717, 1.165) is 42.8 Å². The SMILES string of the molecule is CCOc1cc(Cl)c(C)n2nc(CCc3nc(N4CCCC4)nn3C)nc12. The summed E-state index contributed by atoms with van der Waals surface area (Å²) in [7, 11) is 1.94. The standard InChI is InChI=1S/C18H24ClN7O/c1-4-27-14-11-13(19)12(2)26-17(14)20-15(22-26)7-8-16-21-18(23-24(16)3)25-9-5-6-10-25/h11H,4-10H2,1-3H3. The fourth-order valence-electron chi connectivity index (χ4n) is 3.40. The highest BCUT2D eigenvalue weighted by molar-refractivity contribution is 6.31. The fraction of sp³-hybridized carbons (Fsp3) is 0.556. The smallest absolute Gasteiger partial charge is 0.244 e. The van der Waals surface area contributed by atoms with Crippen LogP contribution in [0.2, 0.25) is 5.02 Å². The van der Waals surface area contributed by atoms with Crippen molar-refractivity contribution in [2.45, 2.75) is 39.5 Å². The second kappa shape index (κ2) is 7.34. The third-order valence-electron chi connectivity index (χ3n) is 4.90. The number of anilines is 1. The van der Waals surface area contributed by atoms with Gasteiger partial charge in [0.25, 0.3) is 0 Å². The molecule has 1 fully saturated rings. The molecular formula is C18H24ClN7O. The number of fused-ring (bicyclic) bond motifs is 1. The molecule has 0 amide bonds. The van der Waals surface area contributed by atoms with Gasteiger partial charge >= 0.3 is 0 Å². The zero-order chi connectivity index (χ0) is 19.0. The van der Waals surface area contributed by atoms with E-state index in [1.54, 1.807) is 10.6 Å². The zero-order valence-electron chi connectivity index (χ0n) is 15.9. The molecule has 144 valence electrons. The minimum atomic E-state index is 0.551. The molecule has 3 aromatic heterocycles. The molecule has 0 atom stereocenters. The third-order valence-corrected chi connectivity index (χ3v) is 5.28. The molecule has 1 aliphatic rings. The van der Waals surface area contributed by atoms with Crippen molar-refractivity contribution < 1.29 is 4.74 Å². The second-order valence-electron chi connectivity index (χ2n) is 6.78. The number of pyridine rings is 1. The number of nitrogens with zero attached hydrogens (tertiary/aromatic N) is 7. The normalized spacial score (nSPS) is 14.4. The van der Waals surface area contributed by atoms with Gasteiger partial charge in [0.05, 0.1) is 17.3 Å². The van der Waals surface area contributed by atoms with E-state index in [1.165, 1.54) is 12.8 Å². The number of rotatable bonds is 6. The van der Waals surface area contributed by atoms with Crippen LogP contribution in [0.15, 0.2) is 6.07 Å². The van der Waals surface area contributed by atoms with Crippen LogP contribution in [-0.2, 0) is 19.9 Å². The number of hydrogen-bond donors (Lipinski definition) is 0. The monoisotopic (exact) mass is 389 g/mol. The van der Waals surface area contributed by atoms with E-state index in [1.807, 2.05) is 25.6 Å². The lowest BCUT2D eigenvalue weighted by molar-refractivity contribution is 0.342. The molecule has 0 spiro atoms. The molecule has 4 heterocycles. The lowest BCUT2D eigenvalue weighted by atomic mass is 10.3. The maximum Gasteiger partial charge on any atom is 0.244 e. The van der Waals surface area contributed by atoms with Crippen molar-refractivity contribution in [3.63, 3.8) is 0 Å². The second-order valence-corrected chi connectivity index (χ2v) is 7.19. The van der Waals surface area contributed by atoms with Crippen molar-refractivity contribution in [3.05, 3.63) is 28.4 Å². The van der Waals surface area contributed by atoms with E-state index < -0.39 is 0 Å². The Morgan fingerprint density at radius 2 is 1.93 bits per heavy atom. The summed E-state index contributed by atoms with van der Waals surface area (Å²) in [6.07, 6.45) is 3.83. The summed E-state index contributed by atoms with van der Waals surface area (Å²) in [5.74, 6) is 3.17. The molecule has 0 aliphatic carbocycles. The maximum atomic E-state index is 6.30. The molecule has 0 aromatic carbocycles. The molecule has 1 saturated heterocycles. The molecule has 1 aliphatic heterocycles. The summed E-state index contributed by atoms with van der Waals surface area (Å²) in [5, 5.41) is 9.79. The topological polar surface area (TPSA) is 73.4 Å². The molecule has 27 heavy (non-hydrogen) atoms. The van der Waals surface area contributed by atoms with Crippen molar-refractivity contribution in [2.75, 3.05) is 24.6 Å². The van der Waals surface area contributed by atoms with Gasteiger partial charge in [-0.3, -0.25) is 4.68 Å². The van der Waals surface area contributed by atoms with Gasteiger partial charge < -0.3 is 9.64 Å². The van der Waals surface area contributed by atoms with E-state index >= 15 is 0 Å². The van der Waals surface area contributed by atoms with Gasteiger partial charge in [0, 0.05) is 39.0 Å². The molecule has 0 N–H and O–H groups in total. The summed E-state index contributed by atoms with van der Waals surface area (Å²) >= 11 is 6.30. The van der Waals surface area contributed by atoms with Crippen LogP contribution in [0, 0.1) is 6.92 Å². The zero-order valence-corrected chi connectivity index (χ0v) is 16.7. The van der Waals surface area contributed by atoms with E-state index in [0.29, 0.717) is 29.4 Å². The molecule has 0 radical (unpaired) electrons. The van der Waals surface area contributed by atoms with Crippen LogP contribution < -0.4 is 9.64 Å². The Bertz CT molecular complexity index is 958. The highest BCUT2D eigenvalue weighted by Crippen LogP contribution is 2.27. The number of halogens is 1. The van der Waals surface area contributed by atoms with Gasteiger partial charge in [0.15, 0.2) is 17.2 Å². The van der Waals surface area contributed by atoms with Crippen LogP contribution >= 0.6 is 11.6 Å². The van der Waals surface area contributed by atoms with E-state index in [4.69, 9.17) is 21.3 Å². The van der Waals surface area contributed by atoms with Gasteiger partial charge in [-0.15, -0.1) is 5.10 Å². The van der Waals surface area contributed by atoms with Crippen molar-refractivity contribution >= 4 is 23.2 Å². The molecule has 8 nitrogen and oxygen atoms in total. The summed E-state index contributed by atoms with van der Waals surface area (Å²) in [6.45, 7) is 6.49. The molecular weight excluding hydrogens is 366 g/mol. The number of aromatic nitrogens is 6. The quantitative estimate of drug-likeness (QED) is 0.645. The molecule has 0 unspecified atom stereocenters. The van der Waals surface area contributed by atoms with Crippen LogP contribution in [0.3, 0.4) is 0 Å².